The molecule has 0 aliphatic carbocycles. The molecular formula is C13H19NO2. The third kappa shape index (κ3) is 1.60. The van der Waals surface area contributed by atoms with E-state index in [0.717, 1.165) is 16.8 Å². The van der Waals surface area contributed by atoms with E-state index in [1.807, 2.05) is 26.8 Å². The van der Waals surface area contributed by atoms with E-state index in [-0.39, 0.29) is 11.7 Å². The maximum absolute atomic E-state index is 11.8. The topological polar surface area (TPSA) is 37.4 Å². The van der Waals surface area contributed by atoms with Crippen LogP contribution in [0.5, 0.6) is 0 Å². The SMILES string of the molecule is CC(=O)N1C(C)=C(C)C=C(C)C1(C)C(C)=O. The number of hydrogen-bond acceptors (Lipinski definition) is 2. The van der Waals surface area contributed by atoms with Crippen LogP contribution in [0.3, 0.4) is 0 Å². The van der Waals surface area contributed by atoms with Crippen LogP contribution in [0.4, 0.5) is 0 Å². The second-order valence-corrected chi connectivity index (χ2v) is 4.58. The Labute approximate surface area is 96.8 Å². The van der Waals surface area contributed by atoms with Gasteiger partial charge in [-0.15, -0.1) is 0 Å². The number of amides is 1. The number of rotatable bonds is 1. The van der Waals surface area contributed by atoms with Gasteiger partial charge in [0.2, 0.25) is 5.91 Å². The molecule has 0 saturated carbocycles. The molecule has 1 atom stereocenters. The quantitative estimate of drug-likeness (QED) is 0.682. The van der Waals surface area contributed by atoms with Crippen molar-refractivity contribution in [3.05, 3.63) is 22.9 Å². The summed E-state index contributed by atoms with van der Waals surface area (Å²) in [5.41, 5.74) is 1.98. The maximum Gasteiger partial charge on any atom is 0.224 e. The predicted octanol–water partition coefficient (Wildman–Crippen LogP) is 2.44. The van der Waals surface area contributed by atoms with Crippen LogP contribution in [-0.2, 0) is 9.59 Å². The first-order chi connectivity index (χ1) is 7.22. The molecule has 3 nitrogen and oxygen atoms in total. The van der Waals surface area contributed by atoms with Crippen LogP contribution in [0.15, 0.2) is 22.9 Å². The number of hydrogen-bond donors (Lipinski definition) is 0. The van der Waals surface area contributed by atoms with Crippen LogP contribution in [0.25, 0.3) is 0 Å². The molecule has 1 unspecified atom stereocenters. The average molecular weight is 221 g/mol. The predicted molar refractivity (Wildman–Crippen MR) is 63.7 cm³/mol. The van der Waals surface area contributed by atoms with E-state index < -0.39 is 5.54 Å². The average Bonchev–Trinajstić information content (AvgIpc) is 2.14. The second kappa shape index (κ2) is 3.89. The Bertz CT molecular complexity index is 418. The van der Waals surface area contributed by atoms with E-state index in [0.29, 0.717) is 0 Å². The number of nitrogens with zero attached hydrogens (tertiary/aromatic N) is 1. The van der Waals surface area contributed by atoms with E-state index in [2.05, 4.69) is 0 Å². The first kappa shape index (κ1) is 12.7. The summed E-state index contributed by atoms with van der Waals surface area (Å²) in [7, 11) is 0. The zero-order valence-electron chi connectivity index (χ0n) is 10.8. The molecule has 1 aliphatic heterocycles. The van der Waals surface area contributed by atoms with E-state index in [1.165, 1.54) is 13.8 Å². The maximum atomic E-state index is 11.8. The lowest BCUT2D eigenvalue weighted by Crippen LogP contribution is -2.55. The van der Waals surface area contributed by atoms with Crippen molar-refractivity contribution in [2.45, 2.75) is 47.1 Å². The fourth-order valence-corrected chi connectivity index (χ4v) is 2.24. The molecule has 88 valence electrons. The lowest BCUT2D eigenvalue weighted by molar-refractivity contribution is -0.138. The van der Waals surface area contributed by atoms with E-state index in [4.69, 9.17) is 0 Å². The largest absolute Gasteiger partial charge is 0.300 e. The second-order valence-electron chi connectivity index (χ2n) is 4.58. The molecule has 0 saturated heterocycles. The van der Waals surface area contributed by atoms with Crippen molar-refractivity contribution in [1.82, 2.24) is 4.90 Å². The highest BCUT2D eigenvalue weighted by molar-refractivity contribution is 5.95. The van der Waals surface area contributed by atoms with Crippen molar-refractivity contribution in [2.24, 2.45) is 0 Å². The van der Waals surface area contributed by atoms with Gasteiger partial charge in [-0.25, -0.2) is 0 Å². The molecule has 1 aliphatic rings. The summed E-state index contributed by atoms with van der Waals surface area (Å²) in [5.74, 6) is -0.106. The molecule has 0 bridgehead atoms. The van der Waals surface area contributed by atoms with Crippen LogP contribution in [0.2, 0.25) is 0 Å². The Morgan fingerprint density at radius 2 is 1.69 bits per heavy atom. The number of Topliss-reactive ketones (excluding diaryl/α,β-unsaturated/α-hetero) is 1. The lowest BCUT2D eigenvalue weighted by Gasteiger charge is -2.43. The molecule has 0 aromatic rings. The summed E-state index contributed by atoms with van der Waals surface area (Å²) in [6, 6.07) is 0. The Hall–Kier alpha value is -1.38. The van der Waals surface area contributed by atoms with Gasteiger partial charge in [0.05, 0.1) is 0 Å². The number of carbonyl (C=O) groups excluding carboxylic acids is 2. The molecule has 1 rings (SSSR count). The summed E-state index contributed by atoms with van der Waals surface area (Å²) in [5, 5.41) is 0. The molecule has 0 aromatic carbocycles. The minimum absolute atomic E-state index is 0.0108. The molecule has 3 heteroatoms. The van der Waals surface area contributed by atoms with Gasteiger partial charge in [-0.2, -0.15) is 0 Å². The van der Waals surface area contributed by atoms with Crippen LogP contribution < -0.4 is 0 Å². The van der Waals surface area contributed by atoms with E-state index in [9.17, 15) is 9.59 Å². The van der Waals surface area contributed by atoms with Crippen LogP contribution in [-0.4, -0.2) is 22.1 Å². The summed E-state index contributed by atoms with van der Waals surface area (Å²) < 4.78 is 0. The third-order valence-corrected chi connectivity index (χ3v) is 3.55. The lowest BCUT2D eigenvalue weighted by atomic mass is 9.82. The van der Waals surface area contributed by atoms with Gasteiger partial charge in [-0.3, -0.25) is 14.5 Å². The van der Waals surface area contributed by atoms with Gasteiger partial charge in [0.25, 0.3) is 0 Å². The Kier molecular flexibility index (Phi) is 3.08. The minimum Gasteiger partial charge on any atom is -0.300 e. The fraction of sp³-hybridized carbons (Fsp3) is 0.538. The van der Waals surface area contributed by atoms with Gasteiger partial charge in [0.1, 0.15) is 5.54 Å². The Morgan fingerprint density at radius 1 is 1.19 bits per heavy atom. The first-order valence-electron chi connectivity index (χ1n) is 5.41. The van der Waals surface area contributed by atoms with Crippen molar-refractivity contribution in [2.75, 3.05) is 0 Å². The monoisotopic (exact) mass is 221 g/mol. The Morgan fingerprint density at radius 3 is 2.06 bits per heavy atom. The summed E-state index contributed by atoms with van der Waals surface area (Å²) in [4.78, 5) is 25.2. The minimum atomic E-state index is -0.824. The third-order valence-electron chi connectivity index (χ3n) is 3.55. The first-order valence-corrected chi connectivity index (χ1v) is 5.41. The summed E-state index contributed by atoms with van der Waals surface area (Å²) >= 11 is 0. The number of carbonyl (C=O) groups is 2. The van der Waals surface area contributed by atoms with Crippen molar-refractivity contribution in [3.63, 3.8) is 0 Å². The van der Waals surface area contributed by atoms with Gasteiger partial charge in [-0.1, -0.05) is 6.08 Å². The van der Waals surface area contributed by atoms with Crippen molar-refractivity contribution < 1.29 is 9.59 Å². The van der Waals surface area contributed by atoms with Gasteiger partial charge >= 0.3 is 0 Å². The van der Waals surface area contributed by atoms with Gasteiger partial charge in [0.15, 0.2) is 5.78 Å². The van der Waals surface area contributed by atoms with Gasteiger partial charge < -0.3 is 0 Å². The van der Waals surface area contributed by atoms with E-state index >= 15 is 0 Å². The van der Waals surface area contributed by atoms with Crippen LogP contribution in [0.1, 0.15) is 41.5 Å². The number of ketones is 1. The van der Waals surface area contributed by atoms with Crippen molar-refractivity contribution in [1.29, 1.82) is 0 Å². The zero-order chi connectivity index (χ0) is 12.7. The molecular weight excluding hydrogens is 202 g/mol. The molecule has 0 N–H and O–H groups in total. The van der Waals surface area contributed by atoms with Gasteiger partial charge in [0, 0.05) is 12.6 Å². The number of allylic oxidation sites excluding steroid dienone is 3. The molecule has 16 heavy (non-hydrogen) atoms. The zero-order valence-corrected chi connectivity index (χ0v) is 10.8. The molecule has 0 radical (unpaired) electrons. The molecule has 0 fully saturated rings. The smallest absolute Gasteiger partial charge is 0.224 e. The normalized spacial score (nSPS) is 25.6. The highest BCUT2D eigenvalue weighted by atomic mass is 16.2. The van der Waals surface area contributed by atoms with Gasteiger partial charge in [-0.05, 0) is 45.8 Å². The summed E-state index contributed by atoms with van der Waals surface area (Å²) in [6.45, 7) is 10.6. The van der Waals surface area contributed by atoms with Crippen LogP contribution >= 0.6 is 0 Å². The molecule has 0 aromatic heterocycles. The standard InChI is InChI=1S/C13H19NO2/c1-8-7-9(2)13(6,11(4)15)14(10(8)3)12(5)16/h7H,1-6H3. The molecule has 1 heterocycles. The van der Waals surface area contributed by atoms with Crippen LogP contribution in [0, 0.1) is 0 Å². The fourth-order valence-electron chi connectivity index (χ4n) is 2.24. The highest BCUT2D eigenvalue weighted by Gasteiger charge is 2.43. The van der Waals surface area contributed by atoms with Crippen molar-refractivity contribution >= 4 is 11.7 Å². The Balaban J connectivity index is 3.46. The molecule has 0 spiro atoms. The van der Waals surface area contributed by atoms with Crippen molar-refractivity contribution in [3.8, 4) is 0 Å². The highest BCUT2D eigenvalue weighted by Crippen LogP contribution is 2.35. The molecule has 1 amide bonds. The summed E-state index contributed by atoms with van der Waals surface area (Å²) in [6.07, 6.45) is 1.98. The van der Waals surface area contributed by atoms with E-state index in [1.54, 1.807) is 11.8 Å².